The number of rotatable bonds is 8. The Hall–Kier alpha value is -2.24. The monoisotopic (exact) mass is 423 g/mol. The molecule has 2 aliphatic rings. The second kappa shape index (κ2) is 10.4. The summed E-state index contributed by atoms with van der Waals surface area (Å²) in [7, 11) is 1.93. The van der Waals surface area contributed by atoms with E-state index >= 15 is 0 Å². The van der Waals surface area contributed by atoms with Gasteiger partial charge in [0.1, 0.15) is 5.82 Å². The van der Waals surface area contributed by atoms with Gasteiger partial charge in [-0.25, -0.2) is 4.39 Å². The van der Waals surface area contributed by atoms with Crippen LogP contribution >= 0.6 is 0 Å². The minimum Gasteiger partial charge on any atom is -0.342 e. The molecule has 5 heteroatoms. The molecule has 31 heavy (non-hydrogen) atoms. The molecule has 2 aromatic rings. The molecule has 2 aromatic carbocycles. The molecular formula is C26H34FN3O. The van der Waals surface area contributed by atoms with Crippen molar-refractivity contribution >= 4 is 5.91 Å². The number of likely N-dealkylation sites (tertiary alicyclic amines) is 1. The van der Waals surface area contributed by atoms with E-state index in [4.69, 9.17) is 0 Å². The number of amides is 1. The molecule has 1 N–H and O–H groups in total. The summed E-state index contributed by atoms with van der Waals surface area (Å²) >= 11 is 0. The standard InChI is InChI=1S/C26H34FN3O/c1-29(26(31)17-21-7-10-23(27)11-8-21)24-13-15-30(16-14-24)25(22-18-28-19-22)12-9-20-5-3-2-4-6-20/h2-8,10-11,22,24-25,28H,9,12-19H2,1H3. The lowest BCUT2D eigenvalue weighted by atomic mass is 9.86. The van der Waals surface area contributed by atoms with Crippen LogP contribution in [0.15, 0.2) is 54.6 Å². The number of benzene rings is 2. The van der Waals surface area contributed by atoms with Gasteiger partial charge in [-0.05, 0) is 54.9 Å². The van der Waals surface area contributed by atoms with Crippen LogP contribution in [0.4, 0.5) is 4.39 Å². The van der Waals surface area contributed by atoms with Crippen LogP contribution in [-0.4, -0.2) is 61.0 Å². The molecule has 1 atom stereocenters. The highest BCUT2D eigenvalue weighted by molar-refractivity contribution is 5.78. The van der Waals surface area contributed by atoms with Crippen LogP contribution in [0.3, 0.4) is 0 Å². The second-order valence-corrected chi connectivity index (χ2v) is 9.08. The molecule has 1 unspecified atom stereocenters. The van der Waals surface area contributed by atoms with Crippen LogP contribution in [0.5, 0.6) is 0 Å². The summed E-state index contributed by atoms with van der Waals surface area (Å²) in [5, 5.41) is 3.44. The van der Waals surface area contributed by atoms with Gasteiger partial charge >= 0.3 is 0 Å². The number of nitrogens with zero attached hydrogens (tertiary/aromatic N) is 2. The van der Waals surface area contributed by atoms with Crippen LogP contribution in [0, 0.1) is 11.7 Å². The Morgan fingerprint density at radius 3 is 2.35 bits per heavy atom. The lowest BCUT2D eigenvalue weighted by Gasteiger charge is -2.46. The number of hydrogen-bond acceptors (Lipinski definition) is 3. The maximum Gasteiger partial charge on any atom is 0.226 e. The van der Waals surface area contributed by atoms with E-state index in [1.54, 1.807) is 12.1 Å². The van der Waals surface area contributed by atoms with Crippen LogP contribution in [0.1, 0.15) is 30.4 Å². The quantitative estimate of drug-likeness (QED) is 0.706. The number of aryl methyl sites for hydroxylation is 1. The molecule has 0 bridgehead atoms. The predicted octanol–water partition coefficient (Wildman–Crippen LogP) is 3.51. The van der Waals surface area contributed by atoms with Gasteiger partial charge in [-0.2, -0.15) is 0 Å². The number of carbonyl (C=O) groups excluding carboxylic acids is 1. The third kappa shape index (κ3) is 5.72. The highest BCUT2D eigenvalue weighted by atomic mass is 19.1. The van der Waals surface area contributed by atoms with Gasteiger partial charge in [-0.3, -0.25) is 9.69 Å². The molecule has 0 aliphatic carbocycles. The molecule has 1 amide bonds. The smallest absolute Gasteiger partial charge is 0.226 e. The van der Waals surface area contributed by atoms with E-state index < -0.39 is 0 Å². The van der Waals surface area contributed by atoms with Gasteiger partial charge in [0.2, 0.25) is 5.91 Å². The zero-order valence-electron chi connectivity index (χ0n) is 18.5. The van der Waals surface area contributed by atoms with E-state index in [0.29, 0.717) is 18.5 Å². The summed E-state index contributed by atoms with van der Waals surface area (Å²) in [5.74, 6) is 0.590. The summed E-state index contributed by atoms with van der Waals surface area (Å²) in [6.07, 6.45) is 4.70. The Balaban J connectivity index is 1.29. The van der Waals surface area contributed by atoms with Crippen molar-refractivity contribution in [2.24, 2.45) is 5.92 Å². The fourth-order valence-corrected chi connectivity index (χ4v) is 4.97. The van der Waals surface area contributed by atoms with Crippen molar-refractivity contribution in [3.05, 3.63) is 71.5 Å². The Morgan fingerprint density at radius 2 is 1.74 bits per heavy atom. The molecule has 0 radical (unpaired) electrons. The zero-order valence-corrected chi connectivity index (χ0v) is 18.5. The fraction of sp³-hybridized carbons (Fsp3) is 0.500. The van der Waals surface area contributed by atoms with E-state index in [1.165, 1.54) is 24.1 Å². The van der Waals surface area contributed by atoms with Gasteiger partial charge < -0.3 is 10.2 Å². The molecule has 2 saturated heterocycles. The van der Waals surface area contributed by atoms with Crippen LogP contribution in [0.25, 0.3) is 0 Å². The van der Waals surface area contributed by atoms with Crippen molar-refractivity contribution in [1.82, 2.24) is 15.1 Å². The number of piperidine rings is 1. The van der Waals surface area contributed by atoms with Crippen molar-refractivity contribution in [3.63, 3.8) is 0 Å². The number of carbonyl (C=O) groups is 1. The van der Waals surface area contributed by atoms with Gasteiger partial charge in [0.05, 0.1) is 6.42 Å². The average Bonchev–Trinajstić information content (AvgIpc) is 2.77. The maximum atomic E-state index is 13.1. The number of hydrogen-bond donors (Lipinski definition) is 1. The highest BCUT2D eigenvalue weighted by Gasteiger charge is 2.34. The molecule has 4 rings (SSSR count). The van der Waals surface area contributed by atoms with E-state index in [0.717, 1.165) is 56.9 Å². The van der Waals surface area contributed by atoms with Gasteiger partial charge in [-0.1, -0.05) is 42.5 Å². The lowest BCUT2D eigenvalue weighted by molar-refractivity contribution is -0.132. The molecule has 2 fully saturated rings. The maximum absolute atomic E-state index is 13.1. The first-order chi connectivity index (χ1) is 15.1. The molecular weight excluding hydrogens is 389 g/mol. The van der Waals surface area contributed by atoms with E-state index in [1.807, 2.05) is 11.9 Å². The van der Waals surface area contributed by atoms with E-state index in [2.05, 4.69) is 40.5 Å². The van der Waals surface area contributed by atoms with Gasteiger partial charge in [0, 0.05) is 45.3 Å². The van der Waals surface area contributed by atoms with Gasteiger partial charge in [0.15, 0.2) is 0 Å². The SMILES string of the molecule is CN(C(=O)Cc1ccc(F)cc1)C1CCN(C(CCc2ccccc2)C2CNC2)CC1. The van der Waals surface area contributed by atoms with E-state index in [-0.39, 0.29) is 11.7 Å². The highest BCUT2D eigenvalue weighted by Crippen LogP contribution is 2.26. The predicted molar refractivity (Wildman–Crippen MR) is 122 cm³/mol. The molecule has 0 spiro atoms. The third-order valence-corrected chi connectivity index (χ3v) is 7.11. The van der Waals surface area contributed by atoms with Crippen molar-refractivity contribution in [2.75, 3.05) is 33.2 Å². The molecule has 0 aromatic heterocycles. The minimum absolute atomic E-state index is 0.119. The van der Waals surface area contributed by atoms with Crippen LogP contribution < -0.4 is 5.32 Å². The number of nitrogens with one attached hydrogen (secondary N) is 1. The minimum atomic E-state index is -0.264. The largest absolute Gasteiger partial charge is 0.342 e. The Bertz CT molecular complexity index is 829. The second-order valence-electron chi connectivity index (χ2n) is 9.08. The number of halogens is 1. The Kier molecular flexibility index (Phi) is 7.36. The van der Waals surface area contributed by atoms with Crippen LogP contribution in [-0.2, 0) is 17.6 Å². The topological polar surface area (TPSA) is 35.6 Å². The summed E-state index contributed by atoms with van der Waals surface area (Å²) in [4.78, 5) is 17.3. The fourth-order valence-electron chi connectivity index (χ4n) is 4.97. The Labute approximate surface area is 185 Å². The summed E-state index contributed by atoms with van der Waals surface area (Å²) in [6.45, 7) is 4.34. The first-order valence-corrected chi connectivity index (χ1v) is 11.6. The summed E-state index contributed by atoms with van der Waals surface area (Å²) in [5.41, 5.74) is 2.29. The average molecular weight is 424 g/mol. The van der Waals surface area contributed by atoms with Crippen molar-refractivity contribution in [3.8, 4) is 0 Å². The third-order valence-electron chi connectivity index (χ3n) is 7.11. The number of likely N-dealkylation sites (N-methyl/N-ethyl adjacent to an activating group) is 1. The van der Waals surface area contributed by atoms with Crippen LogP contribution in [0.2, 0.25) is 0 Å². The normalized spacial score (nSPS) is 19.0. The first-order valence-electron chi connectivity index (χ1n) is 11.6. The van der Waals surface area contributed by atoms with Crippen molar-refractivity contribution < 1.29 is 9.18 Å². The van der Waals surface area contributed by atoms with E-state index in [9.17, 15) is 9.18 Å². The molecule has 166 valence electrons. The summed E-state index contributed by atoms with van der Waals surface area (Å²) in [6, 6.07) is 17.9. The molecule has 0 saturated carbocycles. The van der Waals surface area contributed by atoms with Crippen molar-refractivity contribution in [1.29, 1.82) is 0 Å². The summed E-state index contributed by atoms with van der Waals surface area (Å²) < 4.78 is 13.1. The lowest BCUT2D eigenvalue weighted by Crippen LogP contribution is -2.57. The Morgan fingerprint density at radius 1 is 1.06 bits per heavy atom. The van der Waals surface area contributed by atoms with Crippen molar-refractivity contribution in [2.45, 2.75) is 44.2 Å². The van der Waals surface area contributed by atoms with Gasteiger partial charge in [0.25, 0.3) is 0 Å². The molecule has 4 nitrogen and oxygen atoms in total. The zero-order chi connectivity index (χ0) is 21.6. The van der Waals surface area contributed by atoms with Gasteiger partial charge in [-0.15, -0.1) is 0 Å². The first kappa shape index (κ1) is 22.0. The molecule has 2 heterocycles. The molecule has 2 aliphatic heterocycles.